The van der Waals surface area contributed by atoms with Crippen LogP contribution in [0.25, 0.3) is 22.4 Å². The van der Waals surface area contributed by atoms with Crippen molar-refractivity contribution in [2.24, 2.45) is 0 Å². The lowest BCUT2D eigenvalue weighted by atomic mass is 10.1. The van der Waals surface area contributed by atoms with Gasteiger partial charge < -0.3 is 20.2 Å². The van der Waals surface area contributed by atoms with Gasteiger partial charge in [-0.1, -0.05) is 25.3 Å². The molecular formula is C30H35FN6O3. The second kappa shape index (κ2) is 12.7. The largest absolute Gasteiger partial charge is 0.381 e. The van der Waals surface area contributed by atoms with Gasteiger partial charge in [0.1, 0.15) is 17.2 Å². The molecule has 40 heavy (non-hydrogen) atoms. The molecule has 1 fully saturated rings. The van der Waals surface area contributed by atoms with Crippen molar-refractivity contribution >= 4 is 29.0 Å². The second-order valence-electron chi connectivity index (χ2n) is 10.1. The first kappa shape index (κ1) is 28.7. The number of pyridine rings is 1. The maximum Gasteiger partial charge on any atom is 0.261 e. The third-order valence-electron chi connectivity index (χ3n) is 7.10. The number of benzene rings is 1. The van der Waals surface area contributed by atoms with Crippen molar-refractivity contribution < 1.29 is 14.0 Å². The normalized spacial score (nSPS) is 14.7. The molecule has 3 aromatic rings. The van der Waals surface area contributed by atoms with Gasteiger partial charge >= 0.3 is 0 Å². The summed E-state index contributed by atoms with van der Waals surface area (Å²) in [6.07, 6.45) is 7.76. The Balaban J connectivity index is 1.61. The fraction of sp³-hybridized carbons (Fsp3) is 0.333. The van der Waals surface area contributed by atoms with Gasteiger partial charge in [0.2, 0.25) is 6.41 Å². The van der Waals surface area contributed by atoms with E-state index in [4.69, 9.17) is 0 Å². The van der Waals surface area contributed by atoms with Crippen LogP contribution in [0.4, 0.5) is 10.1 Å². The van der Waals surface area contributed by atoms with Gasteiger partial charge in [-0.25, -0.2) is 9.37 Å². The van der Waals surface area contributed by atoms with E-state index in [1.807, 2.05) is 6.92 Å². The van der Waals surface area contributed by atoms with Crippen molar-refractivity contribution in [1.29, 1.82) is 0 Å². The van der Waals surface area contributed by atoms with Crippen LogP contribution >= 0.6 is 0 Å². The van der Waals surface area contributed by atoms with Crippen LogP contribution in [0.2, 0.25) is 0 Å². The molecule has 210 valence electrons. The molecule has 10 heteroatoms. The number of likely N-dealkylation sites (tertiary alicyclic amines) is 1. The van der Waals surface area contributed by atoms with Gasteiger partial charge in [-0.15, -0.1) is 0 Å². The maximum atomic E-state index is 13.8. The summed E-state index contributed by atoms with van der Waals surface area (Å²) in [4.78, 5) is 51.9. The van der Waals surface area contributed by atoms with Gasteiger partial charge in [-0.2, -0.15) is 0 Å². The molecule has 3 heterocycles. The molecule has 1 aliphatic heterocycles. The Morgan fingerprint density at radius 2 is 2.08 bits per heavy atom. The Morgan fingerprint density at radius 3 is 2.75 bits per heavy atom. The number of halogens is 1. The molecule has 2 aromatic heterocycles. The second-order valence-corrected chi connectivity index (χ2v) is 10.1. The van der Waals surface area contributed by atoms with Crippen LogP contribution in [0.3, 0.4) is 0 Å². The highest BCUT2D eigenvalue weighted by atomic mass is 19.1. The first-order valence-electron chi connectivity index (χ1n) is 13.4. The number of anilines is 1. The predicted molar refractivity (Wildman–Crippen MR) is 156 cm³/mol. The molecule has 1 saturated heterocycles. The summed E-state index contributed by atoms with van der Waals surface area (Å²) < 4.78 is 13.8. The first-order chi connectivity index (χ1) is 19.2. The number of nitrogens with zero attached hydrogens (tertiary/aromatic N) is 3. The molecular weight excluding hydrogens is 511 g/mol. The predicted octanol–water partition coefficient (Wildman–Crippen LogP) is 4.71. The molecule has 2 amide bonds. The lowest BCUT2D eigenvalue weighted by molar-refractivity contribution is -0.116. The average Bonchev–Trinajstić information content (AvgIpc) is 3.57. The summed E-state index contributed by atoms with van der Waals surface area (Å²) in [5.74, 6) is -0.611. The quantitative estimate of drug-likeness (QED) is 0.224. The van der Waals surface area contributed by atoms with E-state index in [1.54, 1.807) is 31.2 Å². The molecule has 1 aliphatic rings. The van der Waals surface area contributed by atoms with Gasteiger partial charge in [-0.3, -0.25) is 19.3 Å². The fourth-order valence-corrected chi connectivity index (χ4v) is 5.02. The summed E-state index contributed by atoms with van der Waals surface area (Å²) in [7, 11) is 0. The van der Waals surface area contributed by atoms with E-state index in [1.165, 1.54) is 17.2 Å². The smallest absolute Gasteiger partial charge is 0.261 e. The summed E-state index contributed by atoms with van der Waals surface area (Å²) in [5, 5.41) is 3.27. The van der Waals surface area contributed by atoms with Crippen LogP contribution in [-0.4, -0.2) is 69.3 Å². The van der Waals surface area contributed by atoms with E-state index in [0.29, 0.717) is 65.2 Å². The van der Waals surface area contributed by atoms with Gasteiger partial charge in [0.25, 0.3) is 11.5 Å². The van der Waals surface area contributed by atoms with Gasteiger partial charge in [0, 0.05) is 30.9 Å². The molecule has 9 nitrogen and oxygen atoms in total. The van der Waals surface area contributed by atoms with Crippen molar-refractivity contribution in [2.75, 3.05) is 31.5 Å². The lowest BCUT2D eigenvalue weighted by Crippen LogP contribution is -2.37. The van der Waals surface area contributed by atoms with Crippen LogP contribution in [0.15, 0.2) is 65.9 Å². The number of aromatic nitrogens is 3. The molecule has 0 radical (unpaired) electrons. The highest BCUT2D eigenvalue weighted by Gasteiger charge is 2.22. The average molecular weight is 547 g/mol. The van der Waals surface area contributed by atoms with E-state index < -0.39 is 5.83 Å². The molecule has 0 bridgehead atoms. The molecule has 0 aliphatic carbocycles. The number of allylic oxidation sites excluding steroid dienone is 3. The molecule has 0 saturated carbocycles. The van der Waals surface area contributed by atoms with E-state index in [-0.39, 0.29) is 23.1 Å². The topological polar surface area (TPSA) is 114 Å². The Labute approximate surface area is 232 Å². The molecule has 0 spiro atoms. The van der Waals surface area contributed by atoms with E-state index in [9.17, 15) is 18.8 Å². The zero-order valence-electron chi connectivity index (χ0n) is 22.9. The summed E-state index contributed by atoms with van der Waals surface area (Å²) in [5.41, 5.74) is 3.03. The highest BCUT2D eigenvalue weighted by molar-refractivity contribution is 6.03. The zero-order valence-corrected chi connectivity index (χ0v) is 22.9. The number of carbonyl (C=O) groups excluding carboxylic acids is 2. The van der Waals surface area contributed by atoms with Crippen LogP contribution < -0.4 is 10.9 Å². The Hall–Kier alpha value is -4.31. The van der Waals surface area contributed by atoms with Gasteiger partial charge in [-0.05, 0) is 75.5 Å². The number of imide groups is 1. The molecule has 1 atom stereocenters. The fourth-order valence-electron chi connectivity index (χ4n) is 5.02. The molecule has 1 unspecified atom stereocenters. The number of aryl methyl sites for hydroxylation is 1. The molecule has 4 rings (SSSR count). The number of rotatable bonds is 12. The molecule has 1 aromatic carbocycles. The summed E-state index contributed by atoms with van der Waals surface area (Å²) in [6.45, 7) is 13.6. The number of hydrogen-bond donors (Lipinski definition) is 3. The Kier molecular flexibility index (Phi) is 9.11. The number of fused-ring (bicyclic) bond motifs is 1. The number of amides is 2. The standard InChI is InChI=1S/C30H35FN6O3/c1-5-8-22(21(4)31)16-20(3)33-24-9-10-32-29(39)27(24)28-34-25-15-19(2)23(17-26(25)35-28)30(40)37(18-38)14-13-36-11-6-7-12-36/h5,8-10,15,17-18,20H,1,4,6-7,11-14,16H2,2-3H3,(H,34,35)(H2,32,33,39)/b22-8-. The minimum atomic E-state index is -0.540. The highest BCUT2D eigenvalue weighted by Crippen LogP contribution is 2.28. The van der Waals surface area contributed by atoms with Crippen molar-refractivity contribution in [3.63, 3.8) is 0 Å². The Morgan fingerprint density at radius 1 is 1.32 bits per heavy atom. The number of H-pyrrole nitrogens is 2. The minimum Gasteiger partial charge on any atom is -0.381 e. The summed E-state index contributed by atoms with van der Waals surface area (Å²) >= 11 is 0. The number of nitrogens with one attached hydrogen (secondary N) is 3. The molecule has 3 N–H and O–H groups in total. The van der Waals surface area contributed by atoms with Crippen molar-refractivity contribution in [2.45, 2.75) is 39.2 Å². The Bertz CT molecular complexity index is 1520. The van der Waals surface area contributed by atoms with Crippen molar-refractivity contribution in [3.05, 3.63) is 82.6 Å². The van der Waals surface area contributed by atoms with Crippen LogP contribution in [0, 0.1) is 6.92 Å². The number of aromatic amines is 2. The summed E-state index contributed by atoms with van der Waals surface area (Å²) in [6, 6.07) is 4.90. The first-order valence-corrected chi connectivity index (χ1v) is 13.4. The van der Waals surface area contributed by atoms with Crippen LogP contribution in [0.1, 0.15) is 42.1 Å². The monoisotopic (exact) mass is 546 g/mol. The van der Waals surface area contributed by atoms with E-state index in [0.717, 1.165) is 25.9 Å². The number of hydrogen-bond acceptors (Lipinski definition) is 6. The lowest BCUT2D eigenvalue weighted by Gasteiger charge is -2.21. The number of carbonyl (C=O) groups is 2. The van der Waals surface area contributed by atoms with Crippen LogP contribution in [0.5, 0.6) is 0 Å². The zero-order chi connectivity index (χ0) is 28.8. The third-order valence-corrected chi connectivity index (χ3v) is 7.10. The van der Waals surface area contributed by atoms with Gasteiger partial charge in [0.15, 0.2) is 0 Å². The third kappa shape index (κ3) is 6.45. The number of imidazole rings is 1. The van der Waals surface area contributed by atoms with Crippen molar-refractivity contribution in [1.82, 2.24) is 24.8 Å². The van der Waals surface area contributed by atoms with E-state index >= 15 is 0 Å². The van der Waals surface area contributed by atoms with Crippen molar-refractivity contribution in [3.8, 4) is 11.4 Å². The minimum absolute atomic E-state index is 0.245. The maximum absolute atomic E-state index is 13.8. The van der Waals surface area contributed by atoms with Gasteiger partial charge in [0.05, 0.1) is 16.7 Å². The van der Waals surface area contributed by atoms with Crippen LogP contribution in [-0.2, 0) is 4.79 Å². The van der Waals surface area contributed by atoms with E-state index in [2.05, 4.69) is 38.3 Å². The SMILES string of the molecule is C=C/C=C(/CC(C)Nc1cc[nH]c(=O)c1-c1nc2cc(C(=O)N(C=O)CCN3CCCC3)c(C)cc2[nH]1)C(=C)F.